The Morgan fingerprint density at radius 1 is 0.960 bits per heavy atom. The number of nitrogens with zero attached hydrogens (tertiary/aromatic N) is 3. The first-order chi connectivity index (χ1) is 12.3. The van der Waals surface area contributed by atoms with Crippen LogP contribution in [0, 0.1) is 0 Å². The van der Waals surface area contributed by atoms with Crippen molar-refractivity contribution >= 4 is 16.8 Å². The monoisotopic (exact) mass is 335 g/mol. The topological polar surface area (TPSA) is 32.5 Å². The van der Waals surface area contributed by atoms with Gasteiger partial charge in [-0.3, -0.25) is 4.90 Å². The van der Waals surface area contributed by atoms with Crippen LogP contribution < -0.4 is 4.90 Å². The molecule has 0 N–H and O–H groups in total. The number of piperazine rings is 1. The molecule has 0 amide bonds. The maximum Gasteiger partial charge on any atom is 0.180 e. The largest absolute Gasteiger partial charge is 0.354 e. The minimum atomic E-state index is 0.610. The summed E-state index contributed by atoms with van der Waals surface area (Å²) in [6.45, 7) is 7.68. The van der Waals surface area contributed by atoms with Crippen molar-refractivity contribution in [1.29, 1.82) is 0 Å². The number of anilines is 1. The first kappa shape index (κ1) is 16.2. The smallest absolute Gasteiger partial charge is 0.180 e. The van der Waals surface area contributed by atoms with E-state index in [1.165, 1.54) is 12.0 Å². The van der Waals surface area contributed by atoms with Crippen LogP contribution in [-0.2, 0) is 0 Å². The van der Waals surface area contributed by atoms with Crippen LogP contribution in [0.2, 0.25) is 0 Å². The number of fused-ring (bicyclic) bond motifs is 1. The van der Waals surface area contributed by atoms with Crippen molar-refractivity contribution in [3.63, 3.8) is 0 Å². The van der Waals surface area contributed by atoms with E-state index in [4.69, 9.17) is 4.52 Å². The van der Waals surface area contributed by atoms with Crippen LogP contribution in [0.4, 0.5) is 5.82 Å². The molecule has 0 aliphatic carbocycles. The van der Waals surface area contributed by atoms with Gasteiger partial charge in [-0.1, -0.05) is 54.5 Å². The normalized spacial score (nSPS) is 17.1. The molecule has 1 atom stereocenters. The summed E-state index contributed by atoms with van der Waals surface area (Å²) in [6.07, 6.45) is 1.21. The van der Waals surface area contributed by atoms with Crippen LogP contribution in [0.15, 0.2) is 59.1 Å². The SMILES string of the molecule is CC(CCN1CCN(c2noc3ccccc23)CC1)c1ccccc1. The van der Waals surface area contributed by atoms with Gasteiger partial charge in [0.2, 0.25) is 0 Å². The fourth-order valence-corrected chi connectivity index (χ4v) is 3.61. The lowest BCUT2D eigenvalue weighted by molar-refractivity contribution is 0.248. The summed E-state index contributed by atoms with van der Waals surface area (Å²) in [5, 5.41) is 5.41. The highest BCUT2D eigenvalue weighted by atomic mass is 16.5. The van der Waals surface area contributed by atoms with Crippen molar-refractivity contribution in [2.45, 2.75) is 19.3 Å². The lowest BCUT2D eigenvalue weighted by Crippen LogP contribution is -2.47. The van der Waals surface area contributed by atoms with Gasteiger partial charge in [0.15, 0.2) is 11.4 Å². The second kappa shape index (κ2) is 7.28. The average Bonchev–Trinajstić information content (AvgIpc) is 3.11. The first-order valence-corrected chi connectivity index (χ1v) is 9.18. The number of hydrogen-bond donors (Lipinski definition) is 0. The Balaban J connectivity index is 1.31. The number of aromatic nitrogens is 1. The lowest BCUT2D eigenvalue weighted by atomic mass is 9.97. The van der Waals surface area contributed by atoms with Crippen molar-refractivity contribution in [1.82, 2.24) is 10.1 Å². The molecule has 130 valence electrons. The van der Waals surface area contributed by atoms with E-state index in [2.05, 4.69) is 58.3 Å². The van der Waals surface area contributed by atoms with Crippen molar-refractivity contribution in [2.24, 2.45) is 0 Å². The predicted octanol–water partition coefficient (Wildman–Crippen LogP) is 4.14. The molecule has 1 aromatic heterocycles. The number of rotatable bonds is 5. The van der Waals surface area contributed by atoms with E-state index in [1.54, 1.807) is 0 Å². The molecule has 4 heteroatoms. The van der Waals surface area contributed by atoms with Crippen LogP contribution in [-0.4, -0.2) is 42.8 Å². The van der Waals surface area contributed by atoms with Gasteiger partial charge in [0.1, 0.15) is 0 Å². The van der Waals surface area contributed by atoms with E-state index in [0.717, 1.165) is 49.5 Å². The van der Waals surface area contributed by atoms with Crippen LogP contribution in [0.25, 0.3) is 11.0 Å². The lowest BCUT2D eigenvalue weighted by Gasteiger charge is -2.35. The Morgan fingerprint density at radius 3 is 2.48 bits per heavy atom. The molecule has 0 radical (unpaired) electrons. The molecule has 4 nitrogen and oxygen atoms in total. The zero-order chi connectivity index (χ0) is 17.1. The molecular formula is C21H25N3O. The summed E-state index contributed by atoms with van der Waals surface area (Å²) < 4.78 is 5.45. The van der Waals surface area contributed by atoms with Gasteiger partial charge in [0.05, 0.1) is 5.39 Å². The standard InChI is InChI=1S/C21H25N3O/c1-17(18-7-3-2-4-8-18)11-12-23-13-15-24(16-14-23)21-19-9-5-6-10-20(19)25-22-21/h2-10,17H,11-16H2,1H3. The third-order valence-corrected chi connectivity index (χ3v) is 5.28. The third-order valence-electron chi connectivity index (χ3n) is 5.28. The highest BCUT2D eigenvalue weighted by Gasteiger charge is 2.21. The van der Waals surface area contributed by atoms with Crippen molar-refractivity contribution in [2.75, 3.05) is 37.6 Å². The Labute approximate surface area is 149 Å². The van der Waals surface area contributed by atoms with Gasteiger partial charge in [-0.15, -0.1) is 0 Å². The second-order valence-electron chi connectivity index (χ2n) is 6.93. The maximum atomic E-state index is 5.45. The summed E-state index contributed by atoms with van der Waals surface area (Å²) in [5.74, 6) is 1.60. The van der Waals surface area contributed by atoms with Crippen molar-refractivity contribution in [3.8, 4) is 0 Å². The molecule has 25 heavy (non-hydrogen) atoms. The van der Waals surface area contributed by atoms with Crippen LogP contribution >= 0.6 is 0 Å². The van der Waals surface area contributed by atoms with E-state index in [-0.39, 0.29) is 0 Å². The van der Waals surface area contributed by atoms with Gasteiger partial charge in [-0.2, -0.15) is 0 Å². The fraction of sp³-hybridized carbons (Fsp3) is 0.381. The predicted molar refractivity (Wildman–Crippen MR) is 102 cm³/mol. The van der Waals surface area contributed by atoms with Gasteiger partial charge in [-0.25, -0.2) is 0 Å². The summed E-state index contributed by atoms with van der Waals surface area (Å²) in [5.41, 5.74) is 2.31. The zero-order valence-electron chi connectivity index (χ0n) is 14.8. The Kier molecular flexibility index (Phi) is 4.70. The highest BCUT2D eigenvalue weighted by Crippen LogP contribution is 2.27. The molecule has 1 aliphatic heterocycles. The molecule has 1 saturated heterocycles. The Bertz CT molecular complexity index is 806. The molecular weight excluding hydrogens is 310 g/mol. The maximum absolute atomic E-state index is 5.45. The van der Waals surface area contributed by atoms with Gasteiger partial charge in [0, 0.05) is 26.2 Å². The minimum Gasteiger partial charge on any atom is -0.354 e. The highest BCUT2D eigenvalue weighted by molar-refractivity contribution is 5.88. The minimum absolute atomic E-state index is 0.610. The fourth-order valence-electron chi connectivity index (χ4n) is 3.61. The van der Waals surface area contributed by atoms with Crippen molar-refractivity contribution in [3.05, 3.63) is 60.2 Å². The van der Waals surface area contributed by atoms with Gasteiger partial charge < -0.3 is 9.42 Å². The molecule has 0 bridgehead atoms. The summed E-state index contributed by atoms with van der Waals surface area (Å²) in [6, 6.07) is 18.9. The van der Waals surface area contributed by atoms with Crippen molar-refractivity contribution < 1.29 is 4.52 Å². The molecule has 2 heterocycles. The van der Waals surface area contributed by atoms with Crippen LogP contribution in [0.5, 0.6) is 0 Å². The van der Waals surface area contributed by atoms with Gasteiger partial charge >= 0.3 is 0 Å². The van der Waals surface area contributed by atoms with Gasteiger partial charge in [-0.05, 0) is 36.6 Å². The quantitative estimate of drug-likeness (QED) is 0.701. The molecule has 4 rings (SSSR count). The zero-order valence-corrected chi connectivity index (χ0v) is 14.8. The van der Waals surface area contributed by atoms with E-state index in [9.17, 15) is 0 Å². The summed E-state index contributed by atoms with van der Waals surface area (Å²) >= 11 is 0. The number of benzene rings is 2. The van der Waals surface area contributed by atoms with E-state index in [0.29, 0.717) is 5.92 Å². The van der Waals surface area contributed by atoms with Crippen LogP contribution in [0.3, 0.4) is 0 Å². The van der Waals surface area contributed by atoms with Crippen LogP contribution in [0.1, 0.15) is 24.8 Å². The molecule has 2 aromatic carbocycles. The third kappa shape index (κ3) is 3.54. The van der Waals surface area contributed by atoms with Gasteiger partial charge in [0.25, 0.3) is 0 Å². The molecule has 3 aromatic rings. The Hall–Kier alpha value is -2.33. The molecule has 1 fully saturated rings. The molecule has 1 unspecified atom stereocenters. The first-order valence-electron chi connectivity index (χ1n) is 9.18. The number of para-hydroxylation sites is 1. The Morgan fingerprint density at radius 2 is 1.68 bits per heavy atom. The molecule has 1 aliphatic rings. The molecule has 0 spiro atoms. The second-order valence-corrected chi connectivity index (χ2v) is 6.93. The van der Waals surface area contributed by atoms with E-state index < -0.39 is 0 Å². The van der Waals surface area contributed by atoms with E-state index >= 15 is 0 Å². The average molecular weight is 335 g/mol. The summed E-state index contributed by atoms with van der Waals surface area (Å²) in [7, 11) is 0. The number of hydrogen-bond acceptors (Lipinski definition) is 4. The molecule has 0 saturated carbocycles. The van der Waals surface area contributed by atoms with E-state index in [1.807, 2.05) is 18.2 Å². The summed E-state index contributed by atoms with van der Waals surface area (Å²) in [4.78, 5) is 4.92.